The summed E-state index contributed by atoms with van der Waals surface area (Å²) in [7, 11) is 0. The Hall–Kier alpha value is -4.34. The van der Waals surface area contributed by atoms with Crippen molar-refractivity contribution in [2.75, 3.05) is 6.61 Å². The highest BCUT2D eigenvalue weighted by molar-refractivity contribution is 6.32. The number of nitrogens with zero attached hydrogens (tertiary/aromatic N) is 3. The molecule has 5 aromatic rings. The Morgan fingerprint density at radius 2 is 1.97 bits per heavy atom. The Bertz CT molecular complexity index is 1810. The Labute approximate surface area is 231 Å². The summed E-state index contributed by atoms with van der Waals surface area (Å²) in [4.78, 5) is 29.4. The van der Waals surface area contributed by atoms with Gasteiger partial charge in [-0.1, -0.05) is 35.3 Å². The zero-order valence-corrected chi connectivity index (χ0v) is 22.2. The lowest BCUT2D eigenvalue weighted by Gasteiger charge is -2.16. The molecule has 0 spiro atoms. The van der Waals surface area contributed by atoms with Gasteiger partial charge in [0.05, 0.1) is 28.7 Å². The van der Waals surface area contributed by atoms with Gasteiger partial charge in [0.2, 0.25) is 5.82 Å². The van der Waals surface area contributed by atoms with Gasteiger partial charge < -0.3 is 19.0 Å². The number of hydrogen-bond donors (Lipinski definition) is 1. The molecule has 198 valence electrons. The quantitative estimate of drug-likeness (QED) is 0.221. The van der Waals surface area contributed by atoms with Gasteiger partial charge in [-0.3, -0.25) is 4.79 Å². The lowest BCUT2D eigenvalue weighted by molar-refractivity contribution is -0.144. The summed E-state index contributed by atoms with van der Waals surface area (Å²) < 4.78 is 18.3. The number of benzene rings is 3. The van der Waals surface area contributed by atoms with Crippen molar-refractivity contribution >= 4 is 57.3 Å². The second kappa shape index (κ2) is 10.8. The van der Waals surface area contributed by atoms with Crippen LogP contribution in [0.3, 0.4) is 0 Å². The Morgan fingerprint density at radius 3 is 2.74 bits per heavy atom. The number of halogens is 2. The van der Waals surface area contributed by atoms with E-state index in [1.807, 2.05) is 0 Å². The summed E-state index contributed by atoms with van der Waals surface area (Å²) in [6.45, 7) is 3.44. The first kappa shape index (κ1) is 26.3. The van der Waals surface area contributed by atoms with E-state index in [1.165, 1.54) is 19.2 Å². The molecule has 0 saturated heterocycles. The molecule has 0 amide bonds. The van der Waals surface area contributed by atoms with E-state index in [0.29, 0.717) is 32.8 Å². The van der Waals surface area contributed by atoms with Crippen LogP contribution in [-0.2, 0) is 4.79 Å². The van der Waals surface area contributed by atoms with Crippen molar-refractivity contribution in [1.82, 2.24) is 9.66 Å². The molecule has 5 rings (SSSR count). The van der Waals surface area contributed by atoms with Gasteiger partial charge >= 0.3 is 5.97 Å². The summed E-state index contributed by atoms with van der Waals surface area (Å²) in [6, 6.07) is 17.0. The van der Waals surface area contributed by atoms with Crippen LogP contribution < -0.4 is 15.0 Å². The first-order valence-electron chi connectivity index (χ1n) is 11.9. The summed E-state index contributed by atoms with van der Waals surface area (Å²) in [5.41, 5.74) is 1.13. The van der Waals surface area contributed by atoms with Crippen molar-refractivity contribution < 1.29 is 23.8 Å². The number of aromatic nitrogens is 2. The topological polar surface area (TPSA) is 116 Å². The van der Waals surface area contributed by atoms with Gasteiger partial charge in [-0.05, 0) is 67.9 Å². The third-order valence-corrected chi connectivity index (χ3v) is 6.26. The van der Waals surface area contributed by atoms with Crippen LogP contribution in [-0.4, -0.2) is 39.7 Å². The summed E-state index contributed by atoms with van der Waals surface area (Å²) >= 11 is 12.6. The van der Waals surface area contributed by atoms with E-state index in [4.69, 9.17) is 37.1 Å². The zero-order valence-electron chi connectivity index (χ0n) is 20.7. The van der Waals surface area contributed by atoms with Crippen LogP contribution in [0.4, 0.5) is 0 Å². The molecule has 0 bridgehead atoms. The third-order valence-electron chi connectivity index (χ3n) is 5.75. The maximum atomic E-state index is 13.5. The predicted octanol–water partition coefficient (Wildman–Crippen LogP) is 6.25. The highest BCUT2D eigenvalue weighted by Crippen LogP contribution is 2.37. The third kappa shape index (κ3) is 5.32. The SMILES string of the molecule is CCOc1cc(C=Nn2c(-c3cc4cc(Cl)ccc4o3)nc3ccccc3c2=O)cc(Cl)c1O[C@H](C)C(=O)O. The standard InChI is InChI=1S/C28H21Cl2N3O6/c1-3-37-23-11-16(10-20(30)25(23)38-15(2)28(35)36)14-31-33-26(32-21-7-5-4-6-19(21)27(33)34)24-13-17-12-18(29)8-9-22(17)39-24/h4-15H,3H2,1-2H3,(H,35,36)/t15-/m1/s1. The Balaban J connectivity index is 1.63. The molecule has 2 heterocycles. The van der Waals surface area contributed by atoms with Gasteiger partial charge in [-0.2, -0.15) is 9.78 Å². The molecule has 1 atom stereocenters. The largest absolute Gasteiger partial charge is 0.490 e. The Morgan fingerprint density at radius 1 is 1.18 bits per heavy atom. The van der Waals surface area contributed by atoms with Crippen LogP contribution in [0.5, 0.6) is 11.5 Å². The molecule has 0 aliphatic heterocycles. The van der Waals surface area contributed by atoms with Crippen molar-refractivity contribution in [1.29, 1.82) is 0 Å². The summed E-state index contributed by atoms with van der Waals surface area (Å²) in [5.74, 6) is -0.308. The number of rotatable bonds is 8. The number of carboxylic acids is 1. The van der Waals surface area contributed by atoms with Crippen LogP contribution in [0.15, 0.2) is 75.0 Å². The van der Waals surface area contributed by atoms with E-state index >= 15 is 0 Å². The van der Waals surface area contributed by atoms with Crippen molar-refractivity contribution in [2.45, 2.75) is 20.0 Å². The van der Waals surface area contributed by atoms with E-state index in [-0.39, 0.29) is 29.0 Å². The number of hydrogen-bond acceptors (Lipinski definition) is 7. The summed E-state index contributed by atoms with van der Waals surface area (Å²) in [6.07, 6.45) is 0.268. The van der Waals surface area contributed by atoms with Crippen LogP contribution in [0.25, 0.3) is 33.5 Å². The number of furan rings is 1. The molecule has 1 N–H and O–H groups in total. The van der Waals surface area contributed by atoms with E-state index in [2.05, 4.69) is 10.1 Å². The average molecular weight is 566 g/mol. The van der Waals surface area contributed by atoms with Crippen molar-refractivity contribution in [3.05, 3.63) is 86.6 Å². The fourth-order valence-corrected chi connectivity index (χ4v) is 4.35. The number of carbonyl (C=O) groups is 1. The first-order valence-corrected chi connectivity index (χ1v) is 12.6. The number of fused-ring (bicyclic) bond motifs is 2. The average Bonchev–Trinajstić information content (AvgIpc) is 3.33. The summed E-state index contributed by atoms with van der Waals surface area (Å²) in [5, 5.41) is 15.4. The normalized spacial score (nSPS) is 12.3. The molecule has 0 radical (unpaired) electrons. The number of ether oxygens (including phenoxy) is 2. The van der Waals surface area contributed by atoms with Gasteiger partial charge in [-0.25, -0.2) is 9.78 Å². The zero-order chi connectivity index (χ0) is 27.7. The van der Waals surface area contributed by atoms with Crippen LogP contribution in [0.1, 0.15) is 19.4 Å². The van der Waals surface area contributed by atoms with Gasteiger partial charge in [0.15, 0.2) is 23.4 Å². The molecular formula is C28H21Cl2N3O6. The second-order valence-corrected chi connectivity index (χ2v) is 9.31. The highest BCUT2D eigenvalue weighted by atomic mass is 35.5. The van der Waals surface area contributed by atoms with Crippen LogP contribution in [0.2, 0.25) is 10.0 Å². The van der Waals surface area contributed by atoms with Crippen LogP contribution >= 0.6 is 23.2 Å². The molecule has 0 aliphatic carbocycles. The van der Waals surface area contributed by atoms with Crippen molar-refractivity contribution in [3.63, 3.8) is 0 Å². The molecule has 9 nitrogen and oxygen atoms in total. The molecular weight excluding hydrogens is 545 g/mol. The number of aliphatic carboxylic acids is 1. The minimum absolute atomic E-state index is 0.0942. The molecule has 3 aromatic carbocycles. The van der Waals surface area contributed by atoms with Crippen LogP contribution in [0, 0.1) is 0 Å². The molecule has 0 saturated carbocycles. The predicted molar refractivity (Wildman–Crippen MR) is 150 cm³/mol. The minimum Gasteiger partial charge on any atom is -0.490 e. The lowest BCUT2D eigenvalue weighted by atomic mass is 10.2. The second-order valence-electron chi connectivity index (χ2n) is 8.47. The Kier molecular flexibility index (Phi) is 7.28. The maximum Gasteiger partial charge on any atom is 0.344 e. The van der Waals surface area contributed by atoms with E-state index in [9.17, 15) is 14.7 Å². The minimum atomic E-state index is -1.15. The van der Waals surface area contributed by atoms with E-state index < -0.39 is 17.6 Å². The molecule has 11 heteroatoms. The van der Waals surface area contributed by atoms with Crippen molar-refractivity contribution in [2.24, 2.45) is 5.10 Å². The van der Waals surface area contributed by atoms with E-state index in [0.717, 1.165) is 10.1 Å². The molecule has 0 unspecified atom stereocenters. The number of para-hydroxylation sites is 1. The fraction of sp³-hybridized carbons (Fsp3) is 0.143. The fourth-order valence-electron chi connectivity index (χ4n) is 3.91. The van der Waals surface area contributed by atoms with E-state index in [1.54, 1.807) is 61.5 Å². The van der Waals surface area contributed by atoms with Gasteiger partial charge in [0.25, 0.3) is 5.56 Å². The molecule has 0 fully saturated rings. The van der Waals surface area contributed by atoms with Gasteiger partial charge in [0, 0.05) is 10.4 Å². The van der Waals surface area contributed by atoms with Crippen molar-refractivity contribution in [3.8, 4) is 23.1 Å². The molecule has 2 aromatic heterocycles. The van der Waals surface area contributed by atoms with Gasteiger partial charge in [0.1, 0.15) is 5.58 Å². The monoisotopic (exact) mass is 565 g/mol. The number of carboxylic acid groups (broad SMARTS) is 1. The molecule has 39 heavy (non-hydrogen) atoms. The first-order chi connectivity index (χ1) is 18.7. The highest BCUT2D eigenvalue weighted by Gasteiger charge is 2.20. The lowest BCUT2D eigenvalue weighted by Crippen LogP contribution is -2.23. The molecule has 0 aliphatic rings. The maximum absolute atomic E-state index is 13.5. The van der Waals surface area contributed by atoms with Gasteiger partial charge in [-0.15, -0.1) is 0 Å². The smallest absolute Gasteiger partial charge is 0.344 e.